The number of fused-ring (bicyclic) bond motifs is 1. The van der Waals surface area contributed by atoms with Crippen LogP contribution in [-0.4, -0.2) is 15.7 Å². The first-order chi connectivity index (χ1) is 8.74. The zero-order valence-corrected chi connectivity index (χ0v) is 11.0. The number of rotatable bonds is 1. The summed E-state index contributed by atoms with van der Waals surface area (Å²) >= 11 is 3.43. The first-order valence-electron chi connectivity index (χ1n) is 5.48. The van der Waals surface area contributed by atoms with Crippen LogP contribution >= 0.6 is 15.9 Å². The fraction of sp³-hybridized carbons (Fsp3) is 0. The molecule has 4 heteroatoms. The summed E-state index contributed by atoms with van der Waals surface area (Å²) in [5.74, 6) is -0.121. The van der Waals surface area contributed by atoms with Crippen LogP contribution in [0.4, 0.5) is 0 Å². The predicted molar refractivity (Wildman–Crippen MR) is 73.6 cm³/mol. The second kappa shape index (κ2) is 4.38. The van der Waals surface area contributed by atoms with Gasteiger partial charge in [-0.3, -0.25) is 4.79 Å². The third-order valence-electron chi connectivity index (χ3n) is 2.76. The smallest absolute Gasteiger partial charge is 0.267 e. The molecule has 0 spiro atoms. The molecule has 3 nitrogen and oxygen atoms in total. The zero-order chi connectivity index (χ0) is 12.5. The maximum absolute atomic E-state index is 12.1. The number of halogens is 1. The minimum atomic E-state index is -0.121. The molecule has 0 radical (unpaired) electrons. The highest BCUT2D eigenvalue weighted by Crippen LogP contribution is 2.21. The summed E-state index contributed by atoms with van der Waals surface area (Å²) in [6, 6.07) is 13.3. The fourth-order valence-electron chi connectivity index (χ4n) is 1.87. The van der Waals surface area contributed by atoms with E-state index >= 15 is 0 Å². The molecule has 0 aliphatic rings. The Labute approximate surface area is 112 Å². The van der Waals surface area contributed by atoms with Crippen molar-refractivity contribution >= 4 is 32.6 Å². The number of hydrogen-bond acceptors (Lipinski definition) is 2. The van der Waals surface area contributed by atoms with E-state index in [2.05, 4.69) is 21.0 Å². The van der Waals surface area contributed by atoms with Crippen LogP contribution in [0.3, 0.4) is 0 Å². The van der Waals surface area contributed by atoms with Gasteiger partial charge in [0, 0.05) is 22.4 Å². The minimum absolute atomic E-state index is 0.121. The molecule has 1 heterocycles. The molecule has 3 aromatic rings. The normalized spacial score (nSPS) is 10.7. The van der Waals surface area contributed by atoms with E-state index in [4.69, 9.17) is 0 Å². The van der Waals surface area contributed by atoms with E-state index in [1.54, 1.807) is 18.5 Å². The van der Waals surface area contributed by atoms with E-state index in [0.29, 0.717) is 5.56 Å². The summed E-state index contributed by atoms with van der Waals surface area (Å²) in [7, 11) is 0. The Morgan fingerprint density at radius 2 is 1.89 bits per heavy atom. The van der Waals surface area contributed by atoms with Crippen molar-refractivity contribution < 1.29 is 4.79 Å². The molecule has 0 fully saturated rings. The molecule has 0 saturated carbocycles. The standard InChI is InChI=1S/C14H9BrN2O/c15-13-5-4-10-8-12(3-2-11(10)9-13)14(18)17-7-1-6-16-17/h1-9H. The predicted octanol–water partition coefficient (Wildman–Crippen LogP) is 3.49. The third kappa shape index (κ3) is 1.95. The van der Waals surface area contributed by atoms with Crippen LogP contribution in [0, 0.1) is 0 Å². The molecular weight excluding hydrogens is 292 g/mol. The van der Waals surface area contributed by atoms with Gasteiger partial charge < -0.3 is 0 Å². The Kier molecular flexibility index (Phi) is 2.72. The van der Waals surface area contributed by atoms with E-state index in [1.165, 1.54) is 4.68 Å². The molecule has 2 aromatic carbocycles. The third-order valence-corrected chi connectivity index (χ3v) is 3.25. The minimum Gasteiger partial charge on any atom is -0.267 e. The van der Waals surface area contributed by atoms with Crippen molar-refractivity contribution in [1.82, 2.24) is 9.78 Å². The topological polar surface area (TPSA) is 34.9 Å². The monoisotopic (exact) mass is 300 g/mol. The highest BCUT2D eigenvalue weighted by atomic mass is 79.9. The number of hydrogen-bond donors (Lipinski definition) is 0. The Morgan fingerprint density at radius 3 is 2.67 bits per heavy atom. The van der Waals surface area contributed by atoms with Crippen molar-refractivity contribution in [2.24, 2.45) is 0 Å². The van der Waals surface area contributed by atoms with E-state index in [9.17, 15) is 4.79 Å². The van der Waals surface area contributed by atoms with Crippen LogP contribution in [0.25, 0.3) is 10.8 Å². The zero-order valence-electron chi connectivity index (χ0n) is 9.38. The molecule has 0 aliphatic heterocycles. The van der Waals surface area contributed by atoms with Crippen molar-refractivity contribution in [3.63, 3.8) is 0 Å². The van der Waals surface area contributed by atoms with Crippen LogP contribution < -0.4 is 0 Å². The highest BCUT2D eigenvalue weighted by molar-refractivity contribution is 9.10. The molecule has 0 aliphatic carbocycles. The van der Waals surface area contributed by atoms with Gasteiger partial charge in [-0.25, -0.2) is 4.68 Å². The largest absolute Gasteiger partial charge is 0.278 e. The maximum atomic E-state index is 12.1. The SMILES string of the molecule is O=C(c1ccc2cc(Br)ccc2c1)n1cccn1. The summed E-state index contributed by atoms with van der Waals surface area (Å²) in [5, 5.41) is 6.08. The number of benzene rings is 2. The molecule has 18 heavy (non-hydrogen) atoms. The lowest BCUT2D eigenvalue weighted by Crippen LogP contribution is -2.12. The van der Waals surface area contributed by atoms with Gasteiger partial charge in [0.15, 0.2) is 0 Å². The van der Waals surface area contributed by atoms with E-state index < -0.39 is 0 Å². The molecular formula is C14H9BrN2O. The van der Waals surface area contributed by atoms with E-state index in [-0.39, 0.29) is 5.91 Å². The molecule has 0 bridgehead atoms. The molecule has 0 unspecified atom stereocenters. The average molecular weight is 301 g/mol. The summed E-state index contributed by atoms with van der Waals surface area (Å²) in [6.07, 6.45) is 3.24. The molecule has 0 atom stereocenters. The lowest BCUT2D eigenvalue weighted by molar-refractivity contribution is 0.0945. The summed E-state index contributed by atoms with van der Waals surface area (Å²) in [6.45, 7) is 0. The van der Waals surface area contributed by atoms with Gasteiger partial charge in [0.05, 0.1) is 0 Å². The summed E-state index contributed by atoms with van der Waals surface area (Å²) < 4.78 is 2.36. The first kappa shape index (κ1) is 11.2. The number of carbonyl (C=O) groups is 1. The molecule has 3 rings (SSSR count). The van der Waals surface area contributed by atoms with Gasteiger partial charge in [0.2, 0.25) is 0 Å². The number of nitrogens with zero attached hydrogens (tertiary/aromatic N) is 2. The van der Waals surface area contributed by atoms with Crippen molar-refractivity contribution in [2.75, 3.05) is 0 Å². The lowest BCUT2D eigenvalue weighted by atomic mass is 10.1. The van der Waals surface area contributed by atoms with Crippen LogP contribution in [0.1, 0.15) is 10.4 Å². The molecule has 1 aromatic heterocycles. The van der Waals surface area contributed by atoms with Crippen molar-refractivity contribution in [2.45, 2.75) is 0 Å². The van der Waals surface area contributed by atoms with E-state index in [0.717, 1.165) is 15.2 Å². The van der Waals surface area contributed by atoms with E-state index in [1.807, 2.05) is 36.4 Å². The van der Waals surface area contributed by atoms with Gasteiger partial charge in [-0.2, -0.15) is 5.10 Å². The van der Waals surface area contributed by atoms with Gasteiger partial charge in [-0.1, -0.05) is 28.1 Å². The Bertz CT molecular complexity index is 720. The average Bonchev–Trinajstić information content (AvgIpc) is 2.91. The molecule has 0 saturated heterocycles. The Morgan fingerprint density at radius 1 is 1.11 bits per heavy atom. The highest BCUT2D eigenvalue weighted by Gasteiger charge is 2.08. The lowest BCUT2D eigenvalue weighted by Gasteiger charge is -2.03. The van der Waals surface area contributed by atoms with Crippen LogP contribution in [0.2, 0.25) is 0 Å². The van der Waals surface area contributed by atoms with Gasteiger partial charge in [-0.05, 0) is 41.1 Å². The van der Waals surface area contributed by atoms with Gasteiger partial charge >= 0.3 is 0 Å². The second-order valence-electron chi connectivity index (χ2n) is 3.96. The quantitative estimate of drug-likeness (QED) is 0.689. The van der Waals surface area contributed by atoms with Crippen molar-refractivity contribution in [3.05, 3.63) is 64.9 Å². The van der Waals surface area contributed by atoms with Crippen molar-refractivity contribution in [3.8, 4) is 0 Å². The van der Waals surface area contributed by atoms with Gasteiger partial charge in [0.1, 0.15) is 0 Å². The second-order valence-corrected chi connectivity index (χ2v) is 4.88. The Balaban J connectivity index is 2.09. The van der Waals surface area contributed by atoms with Crippen LogP contribution in [0.5, 0.6) is 0 Å². The summed E-state index contributed by atoms with van der Waals surface area (Å²) in [5.41, 5.74) is 0.633. The summed E-state index contributed by atoms with van der Waals surface area (Å²) in [4.78, 5) is 12.1. The van der Waals surface area contributed by atoms with Gasteiger partial charge in [0.25, 0.3) is 5.91 Å². The first-order valence-corrected chi connectivity index (χ1v) is 6.27. The molecule has 88 valence electrons. The maximum Gasteiger partial charge on any atom is 0.278 e. The van der Waals surface area contributed by atoms with Gasteiger partial charge in [-0.15, -0.1) is 0 Å². The van der Waals surface area contributed by atoms with Crippen LogP contribution in [0.15, 0.2) is 59.3 Å². The number of carbonyl (C=O) groups excluding carboxylic acids is 1. The fourth-order valence-corrected chi connectivity index (χ4v) is 2.25. The Hall–Kier alpha value is -1.94. The van der Waals surface area contributed by atoms with Crippen molar-refractivity contribution in [1.29, 1.82) is 0 Å². The van der Waals surface area contributed by atoms with Crippen LogP contribution in [-0.2, 0) is 0 Å². The molecule has 0 amide bonds. The number of aromatic nitrogens is 2. The molecule has 0 N–H and O–H groups in total.